The SMILES string of the molecule is Cc1cc(N2CCOCC2)nc(N2CCC(C(=O)NC(C)C)CC2)n1. The fourth-order valence-electron chi connectivity index (χ4n) is 3.38. The molecule has 3 rings (SSSR count). The Balaban J connectivity index is 1.64. The largest absolute Gasteiger partial charge is 0.378 e. The maximum absolute atomic E-state index is 12.2. The Bertz CT molecular complexity index is 593. The summed E-state index contributed by atoms with van der Waals surface area (Å²) < 4.78 is 5.43. The lowest BCUT2D eigenvalue weighted by Gasteiger charge is -2.33. The number of hydrogen-bond acceptors (Lipinski definition) is 6. The first-order chi connectivity index (χ1) is 12.0. The maximum Gasteiger partial charge on any atom is 0.227 e. The van der Waals surface area contributed by atoms with E-state index in [2.05, 4.69) is 20.1 Å². The number of hydrogen-bond donors (Lipinski definition) is 1. The van der Waals surface area contributed by atoms with Crippen molar-refractivity contribution in [3.8, 4) is 0 Å². The van der Waals surface area contributed by atoms with Gasteiger partial charge in [-0.2, -0.15) is 4.98 Å². The Labute approximate surface area is 149 Å². The Morgan fingerprint density at radius 1 is 1.16 bits per heavy atom. The lowest BCUT2D eigenvalue weighted by Crippen LogP contribution is -2.43. The molecule has 7 heteroatoms. The van der Waals surface area contributed by atoms with Gasteiger partial charge in [-0.05, 0) is 33.6 Å². The van der Waals surface area contributed by atoms with Gasteiger partial charge in [-0.1, -0.05) is 0 Å². The average molecular weight is 347 g/mol. The molecule has 7 nitrogen and oxygen atoms in total. The molecular formula is C18H29N5O2. The molecule has 0 aromatic carbocycles. The van der Waals surface area contributed by atoms with E-state index in [0.717, 1.165) is 69.7 Å². The second kappa shape index (κ2) is 7.99. The number of carbonyl (C=O) groups is 1. The summed E-state index contributed by atoms with van der Waals surface area (Å²) in [5, 5.41) is 3.02. The van der Waals surface area contributed by atoms with Gasteiger partial charge in [0.05, 0.1) is 13.2 Å². The number of amides is 1. The van der Waals surface area contributed by atoms with E-state index < -0.39 is 0 Å². The van der Waals surface area contributed by atoms with E-state index in [1.54, 1.807) is 0 Å². The van der Waals surface area contributed by atoms with Crippen LogP contribution in [0, 0.1) is 12.8 Å². The van der Waals surface area contributed by atoms with E-state index in [4.69, 9.17) is 9.72 Å². The molecule has 2 aliphatic heterocycles. The molecular weight excluding hydrogens is 318 g/mol. The zero-order valence-electron chi connectivity index (χ0n) is 15.5. The lowest BCUT2D eigenvalue weighted by molar-refractivity contribution is -0.126. The zero-order chi connectivity index (χ0) is 17.8. The molecule has 1 aromatic heterocycles. The molecule has 2 aliphatic rings. The fourth-order valence-corrected chi connectivity index (χ4v) is 3.38. The van der Waals surface area contributed by atoms with E-state index in [0.29, 0.717) is 0 Å². The van der Waals surface area contributed by atoms with Gasteiger partial charge >= 0.3 is 0 Å². The number of morpholine rings is 1. The van der Waals surface area contributed by atoms with Crippen LogP contribution in [0.1, 0.15) is 32.4 Å². The number of nitrogens with zero attached hydrogens (tertiary/aromatic N) is 4. The summed E-state index contributed by atoms with van der Waals surface area (Å²) in [7, 11) is 0. The predicted octanol–water partition coefficient (Wildman–Crippen LogP) is 1.36. The van der Waals surface area contributed by atoms with Crippen LogP contribution in [0.4, 0.5) is 11.8 Å². The molecule has 25 heavy (non-hydrogen) atoms. The van der Waals surface area contributed by atoms with Gasteiger partial charge in [0.25, 0.3) is 0 Å². The van der Waals surface area contributed by atoms with Crippen LogP contribution in [0.5, 0.6) is 0 Å². The van der Waals surface area contributed by atoms with Crippen LogP contribution in [0.15, 0.2) is 6.07 Å². The monoisotopic (exact) mass is 347 g/mol. The highest BCUT2D eigenvalue weighted by Crippen LogP contribution is 2.24. The maximum atomic E-state index is 12.2. The quantitative estimate of drug-likeness (QED) is 0.887. The Kier molecular flexibility index (Phi) is 5.73. The van der Waals surface area contributed by atoms with E-state index in [9.17, 15) is 4.79 Å². The van der Waals surface area contributed by atoms with Crippen LogP contribution in [0.3, 0.4) is 0 Å². The predicted molar refractivity (Wildman–Crippen MR) is 98.0 cm³/mol. The van der Waals surface area contributed by atoms with E-state index in [1.807, 2.05) is 26.8 Å². The van der Waals surface area contributed by atoms with Crippen molar-refractivity contribution in [2.24, 2.45) is 5.92 Å². The number of rotatable bonds is 4. The van der Waals surface area contributed by atoms with Crippen molar-refractivity contribution in [2.75, 3.05) is 49.2 Å². The van der Waals surface area contributed by atoms with Crippen molar-refractivity contribution in [3.63, 3.8) is 0 Å². The molecule has 1 aromatic rings. The number of ether oxygens (including phenoxy) is 1. The lowest BCUT2D eigenvalue weighted by atomic mass is 9.96. The van der Waals surface area contributed by atoms with Gasteiger partial charge in [0, 0.05) is 49.9 Å². The number of anilines is 2. The average Bonchev–Trinajstić information content (AvgIpc) is 2.61. The molecule has 0 bridgehead atoms. The molecule has 0 spiro atoms. The van der Waals surface area contributed by atoms with Crippen LogP contribution >= 0.6 is 0 Å². The molecule has 0 radical (unpaired) electrons. The van der Waals surface area contributed by atoms with Crippen LogP contribution < -0.4 is 15.1 Å². The first kappa shape index (κ1) is 17.9. The number of piperidine rings is 1. The fraction of sp³-hybridized carbons (Fsp3) is 0.722. The molecule has 0 atom stereocenters. The van der Waals surface area contributed by atoms with E-state index in [1.165, 1.54) is 0 Å². The molecule has 3 heterocycles. The molecule has 0 unspecified atom stereocenters. The normalized spacial score (nSPS) is 19.4. The number of aromatic nitrogens is 2. The minimum Gasteiger partial charge on any atom is -0.378 e. The van der Waals surface area contributed by atoms with Gasteiger partial charge < -0.3 is 19.9 Å². The van der Waals surface area contributed by atoms with E-state index in [-0.39, 0.29) is 17.9 Å². The zero-order valence-corrected chi connectivity index (χ0v) is 15.5. The van der Waals surface area contributed by atoms with Crippen LogP contribution in [0.25, 0.3) is 0 Å². The third-order valence-electron chi connectivity index (χ3n) is 4.74. The number of aryl methyl sites for hydroxylation is 1. The van der Waals surface area contributed by atoms with Gasteiger partial charge in [-0.15, -0.1) is 0 Å². The first-order valence-electron chi connectivity index (χ1n) is 9.26. The minimum atomic E-state index is 0.0992. The van der Waals surface area contributed by atoms with Crippen molar-refractivity contribution in [1.29, 1.82) is 0 Å². The van der Waals surface area contributed by atoms with Crippen molar-refractivity contribution in [2.45, 2.75) is 39.7 Å². The summed E-state index contributed by atoms with van der Waals surface area (Å²) in [5.41, 5.74) is 0.978. The van der Waals surface area contributed by atoms with Crippen LogP contribution in [0.2, 0.25) is 0 Å². The molecule has 2 saturated heterocycles. The summed E-state index contributed by atoms with van der Waals surface area (Å²) in [4.78, 5) is 26.1. The summed E-state index contributed by atoms with van der Waals surface area (Å²) in [5.74, 6) is 2.03. The Morgan fingerprint density at radius 3 is 2.48 bits per heavy atom. The Hall–Kier alpha value is -1.89. The summed E-state index contributed by atoms with van der Waals surface area (Å²) in [6.07, 6.45) is 1.70. The highest BCUT2D eigenvalue weighted by Gasteiger charge is 2.27. The highest BCUT2D eigenvalue weighted by molar-refractivity contribution is 5.79. The van der Waals surface area contributed by atoms with Crippen molar-refractivity contribution in [1.82, 2.24) is 15.3 Å². The molecule has 1 N–H and O–H groups in total. The van der Waals surface area contributed by atoms with Gasteiger partial charge in [0.2, 0.25) is 11.9 Å². The molecule has 1 amide bonds. The third-order valence-corrected chi connectivity index (χ3v) is 4.74. The van der Waals surface area contributed by atoms with Gasteiger partial charge in [-0.25, -0.2) is 4.98 Å². The minimum absolute atomic E-state index is 0.0992. The molecule has 0 saturated carbocycles. The number of nitrogens with one attached hydrogen (secondary N) is 1. The van der Waals surface area contributed by atoms with Crippen molar-refractivity contribution in [3.05, 3.63) is 11.8 Å². The van der Waals surface area contributed by atoms with Crippen molar-refractivity contribution < 1.29 is 9.53 Å². The first-order valence-corrected chi connectivity index (χ1v) is 9.26. The molecule has 2 fully saturated rings. The van der Waals surface area contributed by atoms with Gasteiger partial charge in [0.1, 0.15) is 5.82 Å². The Morgan fingerprint density at radius 2 is 1.84 bits per heavy atom. The second-order valence-electron chi connectivity index (χ2n) is 7.19. The molecule has 138 valence electrons. The smallest absolute Gasteiger partial charge is 0.227 e. The topological polar surface area (TPSA) is 70.6 Å². The van der Waals surface area contributed by atoms with Gasteiger partial charge in [-0.3, -0.25) is 4.79 Å². The summed E-state index contributed by atoms with van der Waals surface area (Å²) in [6, 6.07) is 2.24. The highest BCUT2D eigenvalue weighted by atomic mass is 16.5. The second-order valence-corrected chi connectivity index (χ2v) is 7.19. The van der Waals surface area contributed by atoms with Gasteiger partial charge in [0.15, 0.2) is 0 Å². The summed E-state index contributed by atoms with van der Waals surface area (Å²) in [6.45, 7) is 10.9. The van der Waals surface area contributed by atoms with E-state index >= 15 is 0 Å². The third kappa shape index (κ3) is 4.60. The van der Waals surface area contributed by atoms with Crippen molar-refractivity contribution >= 4 is 17.7 Å². The summed E-state index contributed by atoms with van der Waals surface area (Å²) >= 11 is 0. The molecule has 0 aliphatic carbocycles. The standard InChI is InChI=1S/C18H29N5O2/c1-13(2)19-17(24)15-4-6-23(7-5-15)18-20-14(3)12-16(21-18)22-8-10-25-11-9-22/h12-13,15H,4-11H2,1-3H3,(H,19,24). The number of carbonyl (C=O) groups excluding carboxylic acids is 1. The van der Waals surface area contributed by atoms with Crippen LogP contribution in [-0.2, 0) is 9.53 Å². The van der Waals surface area contributed by atoms with Crippen LogP contribution in [-0.4, -0.2) is 61.3 Å².